The fourth-order valence-corrected chi connectivity index (χ4v) is 3.14. The smallest absolute Gasteiger partial charge is 0.136 e. The Labute approximate surface area is 153 Å². The van der Waals surface area contributed by atoms with Gasteiger partial charge in [-0.15, -0.1) is 0 Å². The fraction of sp³-hybridized carbons (Fsp3) is 0.182. The van der Waals surface area contributed by atoms with Crippen LogP contribution >= 0.6 is 0 Å². The Bertz CT molecular complexity index is 1090. The predicted molar refractivity (Wildman–Crippen MR) is 104 cm³/mol. The lowest BCUT2D eigenvalue weighted by Crippen LogP contribution is -2.05. The molecule has 4 heteroatoms. The average Bonchev–Trinajstić information content (AvgIpc) is 2.63. The zero-order valence-electron chi connectivity index (χ0n) is 15.2. The average molecular weight is 340 g/mol. The van der Waals surface area contributed by atoms with E-state index in [-0.39, 0.29) is 0 Å². The van der Waals surface area contributed by atoms with E-state index >= 15 is 0 Å². The highest BCUT2D eigenvalue weighted by molar-refractivity contribution is 5.81. The van der Waals surface area contributed by atoms with Gasteiger partial charge in [-0.2, -0.15) is 0 Å². The van der Waals surface area contributed by atoms with Gasteiger partial charge in [0.2, 0.25) is 0 Å². The number of fused-ring (bicyclic) bond motifs is 1. The van der Waals surface area contributed by atoms with E-state index in [4.69, 9.17) is 9.97 Å². The highest BCUT2D eigenvalue weighted by atomic mass is 14.9. The predicted octanol–water partition coefficient (Wildman–Crippen LogP) is 4.60. The third-order valence-electron chi connectivity index (χ3n) is 4.37. The molecule has 0 aliphatic heterocycles. The maximum Gasteiger partial charge on any atom is 0.136 e. The first kappa shape index (κ1) is 16.3. The lowest BCUT2D eigenvalue weighted by atomic mass is 10.1. The van der Waals surface area contributed by atoms with Crippen molar-refractivity contribution in [2.45, 2.75) is 27.2 Å². The molecule has 26 heavy (non-hydrogen) atoms. The van der Waals surface area contributed by atoms with Crippen molar-refractivity contribution >= 4 is 10.9 Å². The van der Waals surface area contributed by atoms with Gasteiger partial charge < -0.3 is 0 Å². The number of hydrogen-bond donors (Lipinski definition) is 0. The van der Waals surface area contributed by atoms with Gasteiger partial charge in [-0.05, 0) is 39.0 Å². The molecule has 0 N–H and O–H groups in total. The molecule has 0 aliphatic rings. The van der Waals surface area contributed by atoms with Gasteiger partial charge in [0.15, 0.2) is 0 Å². The Morgan fingerprint density at radius 1 is 0.731 bits per heavy atom. The molecule has 0 atom stereocenters. The van der Waals surface area contributed by atoms with Crippen LogP contribution in [0.2, 0.25) is 0 Å². The van der Waals surface area contributed by atoms with Crippen molar-refractivity contribution in [1.29, 1.82) is 0 Å². The van der Waals surface area contributed by atoms with Crippen molar-refractivity contribution in [3.8, 4) is 11.3 Å². The van der Waals surface area contributed by atoms with Crippen molar-refractivity contribution in [1.82, 2.24) is 19.9 Å². The van der Waals surface area contributed by atoms with Crippen LogP contribution in [0.1, 0.15) is 28.6 Å². The molecule has 2 aromatic carbocycles. The number of aryl methyl sites for hydroxylation is 3. The van der Waals surface area contributed by atoms with Crippen LogP contribution < -0.4 is 0 Å². The largest absolute Gasteiger partial charge is 0.238 e. The molecular formula is C22H20N4. The molecular weight excluding hydrogens is 320 g/mol. The number of rotatable bonds is 3. The number of hydrogen-bond acceptors (Lipinski definition) is 4. The van der Waals surface area contributed by atoms with Crippen molar-refractivity contribution in [3.05, 3.63) is 83.2 Å². The van der Waals surface area contributed by atoms with E-state index in [1.165, 1.54) is 5.56 Å². The van der Waals surface area contributed by atoms with Gasteiger partial charge in [-0.3, -0.25) is 0 Å². The molecule has 0 bridgehead atoms. The van der Waals surface area contributed by atoms with Crippen LogP contribution in [0.25, 0.3) is 22.2 Å². The molecule has 0 fully saturated rings. The topological polar surface area (TPSA) is 51.6 Å². The molecule has 0 amide bonds. The molecule has 0 saturated carbocycles. The van der Waals surface area contributed by atoms with Crippen molar-refractivity contribution < 1.29 is 0 Å². The zero-order chi connectivity index (χ0) is 18.1. The normalized spacial score (nSPS) is 11.0. The van der Waals surface area contributed by atoms with Gasteiger partial charge >= 0.3 is 0 Å². The minimum absolute atomic E-state index is 0.520. The van der Waals surface area contributed by atoms with Gasteiger partial charge in [0, 0.05) is 22.3 Å². The van der Waals surface area contributed by atoms with Gasteiger partial charge in [0.1, 0.15) is 11.6 Å². The van der Waals surface area contributed by atoms with Gasteiger partial charge in [-0.1, -0.05) is 42.0 Å². The Morgan fingerprint density at radius 2 is 1.50 bits per heavy atom. The van der Waals surface area contributed by atoms with Crippen LogP contribution in [0.5, 0.6) is 0 Å². The summed E-state index contributed by atoms with van der Waals surface area (Å²) in [5.74, 6) is 1.50. The second kappa shape index (κ2) is 6.64. The summed E-state index contributed by atoms with van der Waals surface area (Å²) in [6.07, 6.45) is 0.520. The third kappa shape index (κ3) is 3.31. The summed E-state index contributed by atoms with van der Waals surface area (Å²) in [7, 11) is 0. The number of aromatic nitrogens is 4. The summed E-state index contributed by atoms with van der Waals surface area (Å²) < 4.78 is 0. The minimum Gasteiger partial charge on any atom is -0.238 e. The highest BCUT2D eigenvalue weighted by Crippen LogP contribution is 2.20. The Balaban J connectivity index is 1.72. The first-order valence-electron chi connectivity index (χ1n) is 8.72. The Hall–Kier alpha value is -3.14. The standard InChI is InChI=1S/C22H20N4/c1-14-9-10-19-18(11-14)16(3)24-22(25-19)13-21-23-15(2)12-20(26-21)17-7-5-4-6-8-17/h4-12H,13H2,1-3H3. The van der Waals surface area contributed by atoms with Crippen molar-refractivity contribution in [2.75, 3.05) is 0 Å². The van der Waals surface area contributed by atoms with E-state index in [0.29, 0.717) is 6.42 Å². The van der Waals surface area contributed by atoms with Crippen molar-refractivity contribution in [3.63, 3.8) is 0 Å². The summed E-state index contributed by atoms with van der Waals surface area (Å²) in [5.41, 5.74) is 6.14. The molecule has 2 aromatic heterocycles. The van der Waals surface area contributed by atoms with Gasteiger partial charge in [0.25, 0.3) is 0 Å². The van der Waals surface area contributed by atoms with E-state index in [2.05, 4.69) is 47.2 Å². The third-order valence-corrected chi connectivity index (χ3v) is 4.37. The summed E-state index contributed by atoms with van der Waals surface area (Å²) in [4.78, 5) is 18.7. The van der Waals surface area contributed by atoms with E-state index in [9.17, 15) is 0 Å². The Morgan fingerprint density at radius 3 is 2.31 bits per heavy atom. The molecule has 4 aromatic rings. The van der Waals surface area contributed by atoms with Crippen LogP contribution in [-0.4, -0.2) is 19.9 Å². The molecule has 4 nitrogen and oxygen atoms in total. The fourth-order valence-electron chi connectivity index (χ4n) is 3.14. The Kier molecular flexibility index (Phi) is 4.17. The second-order valence-electron chi connectivity index (χ2n) is 6.60. The maximum absolute atomic E-state index is 4.73. The molecule has 128 valence electrons. The van der Waals surface area contributed by atoms with Gasteiger partial charge in [-0.25, -0.2) is 19.9 Å². The highest BCUT2D eigenvalue weighted by Gasteiger charge is 2.10. The molecule has 0 radical (unpaired) electrons. The summed E-state index contributed by atoms with van der Waals surface area (Å²) in [5, 5.41) is 1.10. The molecule has 4 rings (SSSR count). The number of benzene rings is 2. The molecule has 0 aliphatic carbocycles. The summed E-state index contributed by atoms with van der Waals surface area (Å²) in [6.45, 7) is 6.10. The lowest BCUT2D eigenvalue weighted by Gasteiger charge is -2.08. The molecule has 2 heterocycles. The van der Waals surface area contributed by atoms with Crippen LogP contribution in [0, 0.1) is 20.8 Å². The SMILES string of the molecule is Cc1ccc2nc(Cc3nc(C)cc(-c4ccccc4)n3)nc(C)c2c1. The van der Waals surface area contributed by atoms with Crippen LogP contribution in [0.4, 0.5) is 0 Å². The quantitative estimate of drug-likeness (QED) is 0.547. The van der Waals surface area contributed by atoms with E-state index in [0.717, 1.165) is 45.2 Å². The van der Waals surface area contributed by atoms with Crippen LogP contribution in [-0.2, 0) is 6.42 Å². The van der Waals surface area contributed by atoms with Gasteiger partial charge in [0.05, 0.1) is 17.6 Å². The summed E-state index contributed by atoms with van der Waals surface area (Å²) in [6, 6.07) is 18.4. The van der Waals surface area contributed by atoms with E-state index < -0.39 is 0 Å². The molecule has 0 saturated heterocycles. The summed E-state index contributed by atoms with van der Waals surface area (Å²) >= 11 is 0. The molecule has 0 unspecified atom stereocenters. The number of nitrogens with zero attached hydrogens (tertiary/aromatic N) is 4. The molecule has 0 spiro atoms. The monoisotopic (exact) mass is 340 g/mol. The first-order chi connectivity index (χ1) is 12.6. The van der Waals surface area contributed by atoms with Crippen LogP contribution in [0.3, 0.4) is 0 Å². The van der Waals surface area contributed by atoms with Crippen molar-refractivity contribution in [2.24, 2.45) is 0 Å². The lowest BCUT2D eigenvalue weighted by molar-refractivity contribution is 0.880. The zero-order valence-corrected chi connectivity index (χ0v) is 15.2. The maximum atomic E-state index is 4.73. The van der Waals surface area contributed by atoms with Crippen LogP contribution in [0.15, 0.2) is 54.6 Å². The second-order valence-corrected chi connectivity index (χ2v) is 6.60. The van der Waals surface area contributed by atoms with E-state index in [1.54, 1.807) is 0 Å². The minimum atomic E-state index is 0.520. The van der Waals surface area contributed by atoms with E-state index in [1.807, 2.05) is 38.1 Å². The first-order valence-corrected chi connectivity index (χ1v) is 8.72.